The number of aromatic nitrogens is 3. The Morgan fingerprint density at radius 2 is 2.10 bits per heavy atom. The lowest BCUT2D eigenvalue weighted by Gasteiger charge is -2.19. The topological polar surface area (TPSA) is 86.5 Å². The smallest absolute Gasteiger partial charge is 0.325 e. The van der Waals surface area contributed by atoms with Crippen LogP contribution in [0.25, 0.3) is 0 Å². The van der Waals surface area contributed by atoms with E-state index in [0.29, 0.717) is 6.61 Å². The van der Waals surface area contributed by atoms with Gasteiger partial charge in [-0.3, -0.25) is 9.59 Å². The largest absolute Gasteiger partial charge is 0.468 e. The number of hydrogen-bond acceptors (Lipinski definition) is 6. The number of methoxy groups -OCH3 is 2. The third kappa shape index (κ3) is 4.30. The number of ether oxygens (including phenoxy) is 2. The lowest BCUT2D eigenvalue weighted by Crippen LogP contribution is -2.38. The molecule has 0 fully saturated rings. The molecule has 0 unspecified atom stereocenters. The van der Waals surface area contributed by atoms with Gasteiger partial charge in [-0.25, -0.2) is 0 Å². The van der Waals surface area contributed by atoms with Gasteiger partial charge in [0.05, 0.1) is 26.0 Å². The predicted octanol–water partition coefficient (Wildman–Crippen LogP) is 0.121. The third-order valence-electron chi connectivity index (χ3n) is 2.59. The van der Waals surface area contributed by atoms with Crippen molar-refractivity contribution in [2.45, 2.75) is 19.9 Å². The molecule has 1 rings (SSSR count). The fourth-order valence-corrected chi connectivity index (χ4v) is 1.46. The molecule has 8 nitrogen and oxygen atoms in total. The molecule has 0 N–H and O–H groups in total. The minimum atomic E-state index is -0.495. The summed E-state index contributed by atoms with van der Waals surface area (Å²) in [5, 5.41) is 8.10. The summed E-state index contributed by atoms with van der Waals surface area (Å²) in [5.41, 5.74) is 0.193. The Labute approximate surface area is 117 Å². The van der Waals surface area contributed by atoms with E-state index in [2.05, 4.69) is 14.9 Å². The summed E-state index contributed by atoms with van der Waals surface area (Å²) in [4.78, 5) is 26.4. The van der Waals surface area contributed by atoms with Gasteiger partial charge in [0, 0.05) is 13.7 Å². The highest BCUT2D eigenvalue weighted by Crippen LogP contribution is 2.05. The molecule has 8 heteroatoms. The minimum Gasteiger partial charge on any atom is -0.468 e. The molecule has 0 atom stereocenters. The van der Waals surface area contributed by atoms with Crippen LogP contribution in [0.5, 0.6) is 0 Å². The van der Waals surface area contributed by atoms with Crippen LogP contribution in [0.3, 0.4) is 0 Å². The summed E-state index contributed by atoms with van der Waals surface area (Å²) in [6, 6.07) is 0.0598. The molecule has 0 aromatic carbocycles. The quantitative estimate of drug-likeness (QED) is 0.661. The zero-order chi connectivity index (χ0) is 15.1. The van der Waals surface area contributed by atoms with Gasteiger partial charge in [-0.2, -0.15) is 9.90 Å². The van der Waals surface area contributed by atoms with E-state index in [1.165, 1.54) is 30.1 Å². The summed E-state index contributed by atoms with van der Waals surface area (Å²) in [6.07, 6.45) is 1.39. The molecular formula is C12H20N4O4. The monoisotopic (exact) mass is 284 g/mol. The zero-order valence-corrected chi connectivity index (χ0v) is 12.2. The molecule has 0 saturated carbocycles. The van der Waals surface area contributed by atoms with E-state index in [9.17, 15) is 9.59 Å². The Balaban J connectivity index is 2.81. The Morgan fingerprint density at radius 3 is 2.60 bits per heavy atom. The summed E-state index contributed by atoms with van der Waals surface area (Å²) >= 11 is 0. The molecule has 1 amide bonds. The normalized spacial score (nSPS) is 10.7. The lowest BCUT2D eigenvalue weighted by atomic mass is 10.3. The second-order valence-electron chi connectivity index (χ2n) is 4.44. The van der Waals surface area contributed by atoms with Gasteiger partial charge < -0.3 is 14.4 Å². The van der Waals surface area contributed by atoms with Crippen molar-refractivity contribution >= 4 is 11.9 Å². The highest BCUT2D eigenvalue weighted by molar-refractivity contribution is 5.93. The lowest BCUT2D eigenvalue weighted by molar-refractivity contribution is -0.141. The van der Waals surface area contributed by atoms with Gasteiger partial charge in [-0.15, -0.1) is 5.10 Å². The van der Waals surface area contributed by atoms with Gasteiger partial charge in [0.2, 0.25) is 0 Å². The number of nitrogens with zero attached hydrogens (tertiary/aromatic N) is 4. The minimum absolute atomic E-state index is 0.0598. The van der Waals surface area contributed by atoms with Gasteiger partial charge in [0.1, 0.15) is 6.54 Å². The van der Waals surface area contributed by atoms with E-state index < -0.39 is 5.97 Å². The Kier molecular flexibility index (Phi) is 6.10. The van der Waals surface area contributed by atoms with Gasteiger partial charge >= 0.3 is 5.97 Å². The zero-order valence-electron chi connectivity index (χ0n) is 12.2. The third-order valence-corrected chi connectivity index (χ3v) is 2.59. The maximum absolute atomic E-state index is 12.3. The maximum Gasteiger partial charge on any atom is 0.325 e. The summed E-state index contributed by atoms with van der Waals surface area (Å²) in [5.74, 6) is -0.870. The molecule has 112 valence electrons. The SMILES string of the molecule is COCCN(CC(=O)OC)C(=O)c1cnn(C(C)C)n1. The molecule has 1 heterocycles. The van der Waals surface area contributed by atoms with Crippen molar-refractivity contribution < 1.29 is 19.1 Å². The molecule has 0 aliphatic carbocycles. The molecule has 0 aliphatic heterocycles. The highest BCUT2D eigenvalue weighted by atomic mass is 16.5. The van der Waals surface area contributed by atoms with Crippen molar-refractivity contribution in [3.8, 4) is 0 Å². The summed E-state index contributed by atoms with van der Waals surface area (Å²) in [7, 11) is 2.80. The molecule has 0 saturated heterocycles. The molecule has 0 aliphatic rings. The number of carbonyl (C=O) groups excluding carboxylic acids is 2. The van der Waals surface area contributed by atoms with Crippen LogP contribution >= 0.6 is 0 Å². The number of amides is 1. The first kappa shape index (κ1) is 16.1. The molecular weight excluding hydrogens is 264 g/mol. The predicted molar refractivity (Wildman–Crippen MR) is 70.2 cm³/mol. The number of esters is 1. The van der Waals surface area contributed by atoms with E-state index in [4.69, 9.17) is 4.74 Å². The number of hydrogen-bond donors (Lipinski definition) is 0. The van der Waals surface area contributed by atoms with Crippen LogP contribution in [0.4, 0.5) is 0 Å². The van der Waals surface area contributed by atoms with Crippen LogP contribution in [-0.4, -0.2) is 65.7 Å². The second kappa shape index (κ2) is 7.59. The first-order valence-corrected chi connectivity index (χ1v) is 6.26. The molecule has 1 aromatic heterocycles. The van der Waals surface area contributed by atoms with Gasteiger partial charge in [-0.05, 0) is 13.8 Å². The highest BCUT2D eigenvalue weighted by Gasteiger charge is 2.22. The molecule has 0 bridgehead atoms. The van der Waals surface area contributed by atoms with Crippen LogP contribution in [0.2, 0.25) is 0 Å². The van der Waals surface area contributed by atoms with E-state index >= 15 is 0 Å². The van der Waals surface area contributed by atoms with Gasteiger partial charge in [0.15, 0.2) is 5.69 Å². The summed E-state index contributed by atoms with van der Waals surface area (Å²) in [6.45, 7) is 4.27. The molecule has 1 aromatic rings. The van der Waals surface area contributed by atoms with E-state index in [-0.39, 0.29) is 30.7 Å². The van der Waals surface area contributed by atoms with Crippen molar-refractivity contribution in [3.05, 3.63) is 11.9 Å². The average Bonchev–Trinajstić information content (AvgIpc) is 2.92. The van der Waals surface area contributed by atoms with Crippen LogP contribution in [0, 0.1) is 0 Å². The van der Waals surface area contributed by atoms with Crippen LogP contribution in [-0.2, 0) is 14.3 Å². The molecule has 0 radical (unpaired) electrons. The number of rotatable bonds is 7. The van der Waals surface area contributed by atoms with Crippen molar-refractivity contribution in [1.29, 1.82) is 0 Å². The first-order chi connectivity index (χ1) is 9.49. The van der Waals surface area contributed by atoms with E-state index in [1.54, 1.807) is 0 Å². The van der Waals surface area contributed by atoms with Crippen LogP contribution in [0.1, 0.15) is 30.4 Å². The van der Waals surface area contributed by atoms with Crippen molar-refractivity contribution in [3.63, 3.8) is 0 Å². The first-order valence-electron chi connectivity index (χ1n) is 6.26. The molecule has 20 heavy (non-hydrogen) atoms. The number of carbonyl (C=O) groups is 2. The van der Waals surface area contributed by atoms with Gasteiger partial charge in [0.25, 0.3) is 5.91 Å². The maximum atomic E-state index is 12.3. The standard InChI is InChI=1S/C12H20N4O4/c1-9(2)16-13-7-10(14-16)12(18)15(5-6-19-3)8-11(17)20-4/h7,9H,5-6,8H2,1-4H3. The summed E-state index contributed by atoms with van der Waals surface area (Å²) < 4.78 is 9.51. The Hall–Kier alpha value is -1.96. The van der Waals surface area contributed by atoms with E-state index in [0.717, 1.165) is 0 Å². The Bertz CT molecular complexity index is 458. The van der Waals surface area contributed by atoms with Crippen LogP contribution in [0.15, 0.2) is 6.20 Å². The van der Waals surface area contributed by atoms with Crippen molar-refractivity contribution in [2.75, 3.05) is 33.9 Å². The van der Waals surface area contributed by atoms with Gasteiger partial charge in [-0.1, -0.05) is 0 Å². The fourth-order valence-electron chi connectivity index (χ4n) is 1.46. The Morgan fingerprint density at radius 1 is 1.40 bits per heavy atom. The fraction of sp³-hybridized carbons (Fsp3) is 0.667. The van der Waals surface area contributed by atoms with Crippen molar-refractivity contribution in [1.82, 2.24) is 19.9 Å². The van der Waals surface area contributed by atoms with Crippen molar-refractivity contribution in [2.24, 2.45) is 0 Å². The second-order valence-corrected chi connectivity index (χ2v) is 4.44. The average molecular weight is 284 g/mol. The van der Waals surface area contributed by atoms with Crippen LogP contribution < -0.4 is 0 Å². The molecule has 0 spiro atoms. The van der Waals surface area contributed by atoms with E-state index in [1.807, 2.05) is 13.8 Å².